The van der Waals surface area contributed by atoms with E-state index in [0.29, 0.717) is 11.8 Å². The van der Waals surface area contributed by atoms with Crippen molar-refractivity contribution in [2.45, 2.75) is 44.1 Å². The summed E-state index contributed by atoms with van der Waals surface area (Å²) in [5.41, 5.74) is 6.12. The minimum atomic E-state index is -0.215. The van der Waals surface area contributed by atoms with Gasteiger partial charge < -0.3 is 10.5 Å². The van der Waals surface area contributed by atoms with Crippen molar-refractivity contribution in [2.24, 2.45) is 23.0 Å². The number of carbonyl (C=O) groups is 1. The summed E-state index contributed by atoms with van der Waals surface area (Å²) in [7, 11) is 1.50. The van der Waals surface area contributed by atoms with Crippen molar-refractivity contribution in [3.8, 4) is 0 Å². The van der Waals surface area contributed by atoms with E-state index in [1.54, 1.807) is 0 Å². The highest BCUT2D eigenvalue weighted by Gasteiger charge is 2.59. The van der Waals surface area contributed by atoms with Gasteiger partial charge in [0.05, 0.1) is 12.5 Å². The van der Waals surface area contributed by atoms with Gasteiger partial charge in [-0.05, 0) is 50.4 Å². The Kier molecular flexibility index (Phi) is 2.75. The first kappa shape index (κ1) is 12.2. The van der Waals surface area contributed by atoms with Gasteiger partial charge in [-0.25, -0.2) is 0 Å². The smallest absolute Gasteiger partial charge is 0.311 e. The van der Waals surface area contributed by atoms with Crippen LogP contribution in [0.3, 0.4) is 0 Å². The number of nitrogens with two attached hydrogens (primary N) is 1. The van der Waals surface area contributed by atoms with Gasteiger partial charge in [-0.2, -0.15) is 0 Å². The number of ether oxygens (including phenoxy) is 1. The Bertz CT molecular complexity index is 304. The molecular formula is C12H20ClNO2. The van der Waals surface area contributed by atoms with Crippen molar-refractivity contribution in [1.29, 1.82) is 0 Å². The van der Waals surface area contributed by atoms with Gasteiger partial charge in [0.25, 0.3) is 0 Å². The standard InChI is InChI=1S/C12H19NO2.ClH/c1-15-10(14)11-3-8-2-9(4-11)6-12(13,5-8)7-11;/h8-9H,2-7,13H2,1H3;1H/t8-,9+,11?,12?;. The number of carbonyl (C=O) groups excluding carboxylic acids is 1. The normalized spacial score (nSPS) is 48.6. The Labute approximate surface area is 103 Å². The molecule has 92 valence electrons. The maximum atomic E-state index is 11.9. The van der Waals surface area contributed by atoms with Crippen molar-refractivity contribution in [1.82, 2.24) is 0 Å². The summed E-state index contributed by atoms with van der Waals surface area (Å²) in [4.78, 5) is 11.9. The minimum absolute atomic E-state index is 0. The van der Waals surface area contributed by atoms with Gasteiger partial charge in [-0.1, -0.05) is 0 Å². The summed E-state index contributed by atoms with van der Waals surface area (Å²) in [6, 6.07) is 0. The van der Waals surface area contributed by atoms with Gasteiger partial charge in [0.2, 0.25) is 0 Å². The Morgan fingerprint density at radius 3 is 2.25 bits per heavy atom. The Morgan fingerprint density at radius 2 is 1.81 bits per heavy atom. The molecule has 2 N–H and O–H groups in total. The van der Waals surface area contributed by atoms with E-state index in [-0.39, 0.29) is 29.3 Å². The van der Waals surface area contributed by atoms with Gasteiger partial charge >= 0.3 is 5.97 Å². The van der Waals surface area contributed by atoms with E-state index >= 15 is 0 Å². The zero-order chi connectivity index (χ0) is 10.7. The monoisotopic (exact) mass is 245 g/mol. The molecule has 0 aromatic heterocycles. The number of halogens is 1. The third-order valence-corrected chi connectivity index (χ3v) is 4.72. The topological polar surface area (TPSA) is 52.3 Å². The minimum Gasteiger partial charge on any atom is -0.469 e. The number of esters is 1. The molecule has 0 aliphatic heterocycles. The van der Waals surface area contributed by atoms with Crippen LogP contribution < -0.4 is 5.73 Å². The van der Waals surface area contributed by atoms with Crippen molar-refractivity contribution in [3.63, 3.8) is 0 Å². The molecule has 2 unspecified atom stereocenters. The molecule has 4 bridgehead atoms. The second-order valence-electron chi connectivity index (χ2n) is 6.10. The summed E-state index contributed by atoms with van der Waals surface area (Å²) in [6.45, 7) is 0. The Hall–Kier alpha value is -0.280. The lowest BCUT2D eigenvalue weighted by atomic mass is 9.47. The van der Waals surface area contributed by atoms with E-state index in [9.17, 15) is 4.79 Å². The maximum Gasteiger partial charge on any atom is 0.311 e. The highest BCUT2D eigenvalue weighted by molar-refractivity contribution is 5.85. The highest BCUT2D eigenvalue weighted by Crippen LogP contribution is 2.61. The third-order valence-electron chi connectivity index (χ3n) is 4.72. The second-order valence-corrected chi connectivity index (χ2v) is 6.10. The van der Waals surface area contributed by atoms with Crippen molar-refractivity contribution >= 4 is 18.4 Å². The maximum absolute atomic E-state index is 11.9. The van der Waals surface area contributed by atoms with Crippen LogP contribution in [0.2, 0.25) is 0 Å². The molecule has 0 aromatic rings. The molecule has 4 saturated carbocycles. The molecule has 0 aromatic carbocycles. The predicted molar refractivity (Wildman–Crippen MR) is 63.3 cm³/mol. The molecule has 0 radical (unpaired) electrons. The molecule has 4 aliphatic carbocycles. The summed E-state index contributed by atoms with van der Waals surface area (Å²) in [5.74, 6) is 1.34. The van der Waals surface area contributed by atoms with E-state index in [4.69, 9.17) is 10.5 Å². The van der Waals surface area contributed by atoms with Crippen LogP contribution in [-0.2, 0) is 9.53 Å². The Morgan fingerprint density at radius 1 is 1.25 bits per heavy atom. The van der Waals surface area contributed by atoms with Crippen LogP contribution in [0.15, 0.2) is 0 Å². The molecule has 4 rings (SSSR count). The first-order valence-corrected chi connectivity index (χ1v) is 5.93. The summed E-state index contributed by atoms with van der Waals surface area (Å²) in [5, 5.41) is 0. The molecule has 4 aliphatic rings. The second kappa shape index (κ2) is 3.61. The van der Waals surface area contributed by atoms with Crippen molar-refractivity contribution < 1.29 is 9.53 Å². The SMILES string of the molecule is COC(=O)C12C[C@@H]3C[C@@H](CC(N)(C3)C1)C2.Cl. The zero-order valence-electron chi connectivity index (χ0n) is 9.70. The lowest BCUT2D eigenvalue weighted by Crippen LogP contribution is -2.62. The lowest BCUT2D eigenvalue weighted by Gasteiger charge is -2.59. The largest absolute Gasteiger partial charge is 0.469 e. The van der Waals surface area contributed by atoms with Crippen molar-refractivity contribution in [3.05, 3.63) is 0 Å². The lowest BCUT2D eigenvalue weighted by molar-refractivity contribution is -0.170. The van der Waals surface area contributed by atoms with Crippen LogP contribution in [0.4, 0.5) is 0 Å². The molecule has 0 saturated heterocycles. The van der Waals surface area contributed by atoms with Gasteiger partial charge in [0, 0.05) is 5.54 Å². The molecule has 3 nitrogen and oxygen atoms in total. The van der Waals surface area contributed by atoms with Gasteiger partial charge in [-0.3, -0.25) is 4.79 Å². The van der Waals surface area contributed by atoms with E-state index in [2.05, 4.69) is 0 Å². The predicted octanol–water partition coefficient (Wildman–Crippen LogP) is 1.88. The molecule has 0 spiro atoms. The Balaban J connectivity index is 0.000000963. The first-order chi connectivity index (χ1) is 7.05. The molecule has 16 heavy (non-hydrogen) atoms. The van der Waals surface area contributed by atoms with E-state index < -0.39 is 0 Å². The van der Waals surface area contributed by atoms with Gasteiger partial charge in [0.15, 0.2) is 0 Å². The number of methoxy groups -OCH3 is 1. The van der Waals surface area contributed by atoms with E-state index in [0.717, 1.165) is 32.1 Å². The van der Waals surface area contributed by atoms with Gasteiger partial charge in [-0.15, -0.1) is 12.4 Å². The average Bonchev–Trinajstić information content (AvgIpc) is 2.12. The van der Waals surface area contributed by atoms with Crippen LogP contribution in [0.25, 0.3) is 0 Å². The van der Waals surface area contributed by atoms with Crippen molar-refractivity contribution in [2.75, 3.05) is 7.11 Å². The number of hydrogen-bond donors (Lipinski definition) is 1. The fraction of sp³-hybridized carbons (Fsp3) is 0.917. The van der Waals surface area contributed by atoms with Gasteiger partial charge in [0.1, 0.15) is 0 Å². The molecule has 4 heteroatoms. The van der Waals surface area contributed by atoms with Crippen LogP contribution in [0.1, 0.15) is 38.5 Å². The van der Waals surface area contributed by atoms with Crippen LogP contribution in [0.5, 0.6) is 0 Å². The third kappa shape index (κ3) is 1.56. The quantitative estimate of drug-likeness (QED) is 0.718. The van der Waals surface area contributed by atoms with Crippen LogP contribution in [-0.4, -0.2) is 18.6 Å². The number of hydrogen-bond acceptors (Lipinski definition) is 3. The van der Waals surface area contributed by atoms with Crippen LogP contribution in [0, 0.1) is 17.3 Å². The highest BCUT2D eigenvalue weighted by atomic mass is 35.5. The summed E-state index contributed by atoms with van der Waals surface area (Å²) >= 11 is 0. The van der Waals surface area contributed by atoms with E-state index in [1.807, 2.05) is 0 Å². The fourth-order valence-electron chi connectivity index (χ4n) is 4.79. The molecule has 4 atom stereocenters. The first-order valence-electron chi connectivity index (χ1n) is 5.93. The molecular weight excluding hydrogens is 226 g/mol. The average molecular weight is 246 g/mol. The summed E-state index contributed by atoms with van der Waals surface area (Å²) in [6.07, 6.45) is 6.45. The zero-order valence-corrected chi connectivity index (χ0v) is 10.5. The van der Waals surface area contributed by atoms with E-state index in [1.165, 1.54) is 13.5 Å². The fourth-order valence-corrected chi connectivity index (χ4v) is 4.79. The summed E-state index contributed by atoms with van der Waals surface area (Å²) < 4.78 is 4.99. The number of rotatable bonds is 1. The molecule has 0 heterocycles. The van der Waals surface area contributed by atoms with Crippen LogP contribution >= 0.6 is 12.4 Å². The molecule has 0 amide bonds. The molecule has 4 fully saturated rings.